The first-order chi connectivity index (χ1) is 8.35. The van der Waals surface area contributed by atoms with Crippen molar-refractivity contribution in [2.75, 3.05) is 0 Å². The van der Waals surface area contributed by atoms with Crippen LogP contribution in [0.3, 0.4) is 0 Å². The van der Waals surface area contributed by atoms with Gasteiger partial charge in [0.1, 0.15) is 6.04 Å². The molecule has 104 valence electrons. The highest BCUT2D eigenvalue weighted by Crippen LogP contribution is 2.29. The zero-order chi connectivity index (χ0) is 13.9. The normalized spacial score (nSPS) is 13.9. The summed E-state index contributed by atoms with van der Waals surface area (Å²) < 4.78 is 27.7. The molecule has 1 atom stereocenters. The third kappa shape index (κ3) is 3.32. The minimum Gasteiger partial charge on any atom is -0.271 e. The Morgan fingerprint density at radius 3 is 2.50 bits per heavy atom. The van der Waals surface area contributed by atoms with Gasteiger partial charge in [-0.25, -0.2) is 5.43 Å². The summed E-state index contributed by atoms with van der Waals surface area (Å²) in [5, 5.41) is 1.20. The maximum atomic E-state index is 13.1. The molecule has 1 unspecified atom stereocenters. The molecular formula is C10H16Cl2F2N4. The third-order valence-corrected chi connectivity index (χ3v) is 3.39. The lowest BCUT2D eigenvalue weighted by atomic mass is 10.1. The monoisotopic (exact) mass is 300 g/mol. The molecule has 0 aliphatic heterocycles. The topological polar surface area (TPSA) is 55.9 Å². The number of nitrogens with zero attached hydrogens (tertiary/aromatic N) is 2. The van der Waals surface area contributed by atoms with Crippen molar-refractivity contribution in [1.82, 2.24) is 15.2 Å². The van der Waals surface area contributed by atoms with Gasteiger partial charge in [-0.15, -0.1) is 0 Å². The van der Waals surface area contributed by atoms with Gasteiger partial charge in [0.2, 0.25) is 0 Å². The predicted molar refractivity (Wildman–Crippen MR) is 67.9 cm³/mol. The van der Waals surface area contributed by atoms with Gasteiger partial charge < -0.3 is 0 Å². The second kappa shape index (κ2) is 6.14. The van der Waals surface area contributed by atoms with E-state index < -0.39 is 11.4 Å². The molecule has 1 rings (SSSR count). The molecule has 0 bridgehead atoms. The Kier molecular flexibility index (Phi) is 5.33. The van der Waals surface area contributed by atoms with Crippen LogP contribution in [0.4, 0.5) is 8.78 Å². The predicted octanol–water partition coefficient (Wildman–Crippen LogP) is 2.32. The van der Waals surface area contributed by atoms with Crippen LogP contribution in [0.2, 0.25) is 5.02 Å². The fraction of sp³-hybridized carbons (Fsp3) is 0.700. The highest BCUT2D eigenvalue weighted by Gasteiger charge is 2.37. The van der Waals surface area contributed by atoms with Gasteiger partial charge in [0, 0.05) is 13.0 Å². The summed E-state index contributed by atoms with van der Waals surface area (Å²) in [6.07, 6.45) is 0.545. The Hall–Kier alpha value is -0.430. The molecule has 18 heavy (non-hydrogen) atoms. The molecule has 0 aliphatic carbocycles. The van der Waals surface area contributed by atoms with Crippen molar-refractivity contribution in [3.8, 4) is 0 Å². The van der Waals surface area contributed by atoms with Crippen LogP contribution in [-0.2, 0) is 19.4 Å². The number of aromatic nitrogens is 2. The van der Waals surface area contributed by atoms with E-state index >= 15 is 0 Å². The van der Waals surface area contributed by atoms with Crippen molar-refractivity contribution < 1.29 is 8.78 Å². The quantitative estimate of drug-likeness (QED) is 0.482. The van der Waals surface area contributed by atoms with Crippen LogP contribution in [-0.4, -0.2) is 21.2 Å². The maximum Gasteiger partial charge on any atom is 0.338 e. The van der Waals surface area contributed by atoms with Crippen molar-refractivity contribution >= 4 is 23.2 Å². The lowest BCUT2D eigenvalue weighted by molar-refractivity contribution is 0.0495. The number of hydrogen-bond donors (Lipinski definition) is 2. The highest BCUT2D eigenvalue weighted by atomic mass is 35.5. The molecule has 3 N–H and O–H groups in total. The first-order valence-electron chi connectivity index (χ1n) is 5.61. The van der Waals surface area contributed by atoms with Gasteiger partial charge in [0.25, 0.3) is 0 Å². The summed E-state index contributed by atoms with van der Waals surface area (Å²) in [5.41, 5.74) is 3.21. The number of nitrogens with one attached hydrogen (secondary N) is 1. The van der Waals surface area contributed by atoms with Crippen molar-refractivity contribution in [3.63, 3.8) is 0 Å². The van der Waals surface area contributed by atoms with Crippen LogP contribution in [0.15, 0.2) is 0 Å². The molecule has 0 aliphatic rings. The fourth-order valence-corrected chi connectivity index (χ4v) is 2.16. The summed E-state index contributed by atoms with van der Waals surface area (Å²) in [6, 6.07) is -1.40. The molecule has 0 aromatic carbocycles. The van der Waals surface area contributed by atoms with E-state index in [0.717, 1.165) is 0 Å². The standard InChI is InChI=1S/C10H16Cl2F2N4/c1-3-6-9(11)7(18(4-2)17-6)5-8(16-15)10(12,13)14/h8,16H,3-5,15H2,1-2H3. The summed E-state index contributed by atoms with van der Waals surface area (Å²) in [4.78, 5) is 0. The first-order valence-corrected chi connectivity index (χ1v) is 6.37. The first kappa shape index (κ1) is 15.6. The van der Waals surface area contributed by atoms with Crippen molar-refractivity contribution in [1.29, 1.82) is 0 Å². The smallest absolute Gasteiger partial charge is 0.271 e. The number of rotatable bonds is 6. The van der Waals surface area contributed by atoms with Crippen LogP contribution in [0, 0.1) is 0 Å². The lowest BCUT2D eigenvalue weighted by Crippen LogP contribution is -2.47. The number of nitrogens with two attached hydrogens (primary N) is 1. The Morgan fingerprint density at radius 2 is 2.11 bits per heavy atom. The summed E-state index contributed by atoms with van der Waals surface area (Å²) >= 11 is 11.1. The van der Waals surface area contributed by atoms with Gasteiger partial charge in [0.15, 0.2) is 0 Å². The van der Waals surface area contributed by atoms with E-state index in [0.29, 0.717) is 29.4 Å². The van der Waals surface area contributed by atoms with Gasteiger partial charge in [-0.05, 0) is 24.9 Å². The Labute approximate surface area is 114 Å². The van der Waals surface area contributed by atoms with E-state index in [1.54, 1.807) is 4.68 Å². The molecule has 4 nitrogen and oxygen atoms in total. The number of alkyl halides is 3. The van der Waals surface area contributed by atoms with Crippen LogP contribution in [0.25, 0.3) is 0 Å². The Morgan fingerprint density at radius 1 is 1.50 bits per heavy atom. The van der Waals surface area contributed by atoms with E-state index in [9.17, 15) is 8.78 Å². The zero-order valence-corrected chi connectivity index (χ0v) is 11.7. The van der Waals surface area contributed by atoms with Gasteiger partial charge in [-0.2, -0.15) is 13.9 Å². The molecule has 0 amide bonds. The second-order valence-corrected chi connectivity index (χ2v) is 4.72. The third-order valence-electron chi connectivity index (χ3n) is 2.69. The van der Waals surface area contributed by atoms with E-state index in [-0.39, 0.29) is 6.42 Å². The average Bonchev–Trinajstić information content (AvgIpc) is 2.60. The van der Waals surface area contributed by atoms with E-state index in [2.05, 4.69) is 5.10 Å². The minimum absolute atomic E-state index is 0.0906. The minimum atomic E-state index is -3.45. The largest absolute Gasteiger partial charge is 0.338 e. The Bertz CT molecular complexity index is 403. The Balaban J connectivity index is 3.05. The van der Waals surface area contributed by atoms with E-state index in [4.69, 9.17) is 29.0 Å². The molecule has 0 fully saturated rings. The van der Waals surface area contributed by atoms with Crippen molar-refractivity contribution in [3.05, 3.63) is 16.4 Å². The van der Waals surface area contributed by atoms with Gasteiger partial charge in [-0.3, -0.25) is 10.5 Å². The molecule has 0 saturated carbocycles. The van der Waals surface area contributed by atoms with Gasteiger partial charge in [0.05, 0.1) is 16.4 Å². The van der Waals surface area contributed by atoms with Crippen LogP contribution in [0.5, 0.6) is 0 Å². The number of halogens is 4. The van der Waals surface area contributed by atoms with Gasteiger partial charge in [-0.1, -0.05) is 18.5 Å². The van der Waals surface area contributed by atoms with Crippen LogP contribution in [0.1, 0.15) is 25.2 Å². The number of hydrazine groups is 1. The lowest BCUT2D eigenvalue weighted by Gasteiger charge is -2.21. The van der Waals surface area contributed by atoms with E-state index in [1.807, 2.05) is 19.3 Å². The molecule has 0 saturated heterocycles. The molecule has 1 aromatic heterocycles. The molecule has 0 radical (unpaired) electrons. The molecule has 0 spiro atoms. The average molecular weight is 301 g/mol. The van der Waals surface area contributed by atoms with Crippen molar-refractivity contribution in [2.24, 2.45) is 5.84 Å². The van der Waals surface area contributed by atoms with Gasteiger partial charge >= 0.3 is 5.38 Å². The molecule has 1 heterocycles. The second-order valence-electron chi connectivity index (χ2n) is 3.84. The SMILES string of the molecule is CCc1nn(CC)c(CC(NN)C(F)(F)Cl)c1Cl. The number of aryl methyl sites for hydroxylation is 2. The molecule has 8 heteroatoms. The fourth-order valence-electron chi connectivity index (χ4n) is 1.67. The maximum absolute atomic E-state index is 13.1. The van der Waals surface area contributed by atoms with E-state index in [1.165, 1.54) is 0 Å². The molecular weight excluding hydrogens is 285 g/mol. The van der Waals surface area contributed by atoms with Crippen molar-refractivity contribution in [2.45, 2.75) is 44.7 Å². The summed E-state index contributed by atoms with van der Waals surface area (Å²) in [5.74, 6) is 5.10. The van der Waals surface area contributed by atoms with Crippen LogP contribution < -0.4 is 11.3 Å². The summed E-state index contributed by atoms with van der Waals surface area (Å²) in [6.45, 7) is 4.29. The summed E-state index contributed by atoms with van der Waals surface area (Å²) in [7, 11) is 0. The number of hydrogen-bond acceptors (Lipinski definition) is 3. The van der Waals surface area contributed by atoms with Crippen LogP contribution >= 0.6 is 23.2 Å². The zero-order valence-electron chi connectivity index (χ0n) is 10.2. The molecule has 1 aromatic rings. The highest BCUT2D eigenvalue weighted by molar-refractivity contribution is 6.32.